The molecule has 0 atom stereocenters. The van der Waals surface area contributed by atoms with E-state index in [9.17, 15) is 0 Å². The summed E-state index contributed by atoms with van der Waals surface area (Å²) in [6.45, 7) is 2.04. The molecule has 2 aromatic heterocycles. The van der Waals surface area contributed by atoms with E-state index in [1.54, 1.807) is 6.20 Å². The van der Waals surface area contributed by atoms with Gasteiger partial charge in [-0.3, -0.25) is 0 Å². The van der Waals surface area contributed by atoms with E-state index in [2.05, 4.69) is 21.0 Å². The van der Waals surface area contributed by atoms with Crippen LogP contribution in [-0.4, -0.2) is 14.8 Å². The largest absolute Gasteiger partial charge is 0.349 e. The van der Waals surface area contributed by atoms with Gasteiger partial charge < -0.3 is 4.57 Å². The highest BCUT2D eigenvalue weighted by Gasteiger charge is 2.01. The van der Waals surface area contributed by atoms with E-state index in [0.717, 1.165) is 11.0 Å². The van der Waals surface area contributed by atoms with Crippen molar-refractivity contribution in [3.63, 3.8) is 0 Å². The zero-order valence-electron chi connectivity index (χ0n) is 6.57. The third kappa shape index (κ3) is 0.808. The van der Waals surface area contributed by atoms with Crippen LogP contribution in [0.15, 0.2) is 18.5 Å². The van der Waals surface area contributed by atoms with Crippen LogP contribution >= 0.6 is 0 Å². The molecule has 0 aliphatic heterocycles. The van der Waals surface area contributed by atoms with Crippen molar-refractivity contribution in [2.75, 3.05) is 0 Å². The van der Waals surface area contributed by atoms with Gasteiger partial charge in [-0.25, -0.2) is 0 Å². The standard InChI is InChI=1S/C8H9N3/c1-6-5-11(2)7-3-4-9-10-8(6)7/h3-5H,1-2H3. The Labute approximate surface area is 64.7 Å². The Hall–Kier alpha value is -1.38. The Bertz CT molecular complexity index is 353. The lowest BCUT2D eigenvalue weighted by molar-refractivity contribution is 0.959. The summed E-state index contributed by atoms with van der Waals surface area (Å²) in [4.78, 5) is 0. The molecule has 2 rings (SSSR count). The van der Waals surface area contributed by atoms with Crippen molar-refractivity contribution in [3.8, 4) is 0 Å². The maximum Gasteiger partial charge on any atom is 0.114 e. The van der Waals surface area contributed by atoms with Crippen LogP contribution in [0.5, 0.6) is 0 Å². The van der Waals surface area contributed by atoms with Crippen molar-refractivity contribution in [2.24, 2.45) is 7.05 Å². The summed E-state index contributed by atoms with van der Waals surface area (Å²) in [7, 11) is 2.01. The Morgan fingerprint density at radius 2 is 2.27 bits per heavy atom. The number of fused-ring (bicyclic) bond motifs is 1. The third-order valence-corrected chi connectivity index (χ3v) is 1.84. The lowest BCUT2D eigenvalue weighted by atomic mass is 10.3. The van der Waals surface area contributed by atoms with Crippen LogP contribution in [-0.2, 0) is 7.05 Å². The molecule has 0 fully saturated rings. The normalized spacial score (nSPS) is 10.7. The van der Waals surface area contributed by atoms with Crippen molar-refractivity contribution in [1.29, 1.82) is 0 Å². The maximum atomic E-state index is 4.03. The molecule has 0 unspecified atom stereocenters. The SMILES string of the molecule is Cc1cn(C)c2ccnnc12. The number of aromatic nitrogens is 3. The zero-order valence-corrected chi connectivity index (χ0v) is 6.57. The molecule has 0 aliphatic rings. The van der Waals surface area contributed by atoms with Crippen LogP contribution in [0.2, 0.25) is 0 Å². The Morgan fingerprint density at radius 1 is 1.45 bits per heavy atom. The van der Waals surface area contributed by atoms with Gasteiger partial charge >= 0.3 is 0 Å². The molecule has 0 saturated carbocycles. The van der Waals surface area contributed by atoms with E-state index in [0.29, 0.717) is 0 Å². The minimum Gasteiger partial charge on any atom is -0.349 e. The predicted molar refractivity (Wildman–Crippen MR) is 43.2 cm³/mol. The van der Waals surface area contributed by atoms with Crippen molar-refractivity contribution >= 4 is 11.0 Å². The predicted octanol–water partition coefficient (Wildman–Crippen LogP) is 1.28. The Morgan fingerprint density at radius 3 is 3.00 bits per heavy atom. The van der Waals surface area contributed by atoms with E-state index in [1.807, 2.05) is 20.0 Å². The summed E-state index contributed by atoms with van der Waals surface area (Å²) in [6.07, 6.45) is 3.76. The van der Waals surface area contributed by atoms with E-state index in [4.69, 9.17) is 0 Å². The second kappa shape index (κ2) is 2.05. The van der Waals surface area contributed by atoms with E-state index in [1.165, 1.54) is 5.56 Å². The minimum absolute atomic E-state index is 0.995. The molecule has 0 aliphatic carbocycles. The number of aryl methyl sites for hydroxylation is 2. The molecule has 3 heteroatoms. The molecule has 0 radical (unpaired) electrons. The van der Waals surface area contributed by atoms with Crippen LogP contribution in [0.1, 0.15) is 5.56 Å². The van der Waals surface area contributed by atoms with Gasteiger partial charge in [-0.15, -0.1) is 5.10 Å². The lowest BCUT2D eigenvalue weighted by Gasteiger charge is -1.90. The molecule has 2 heterocycles. The van der Waals surface area contributed by atoms with Crippen LogP contribution < -0.4 is 0 Å². The summed E-state index contributed by atoms with van der Waals surface area (Å²) in [6, 6.07) is 1.97. The Balaban J connectivity index is 2.95. The zero-order chi connectivity index (χ0) is 7.84. The first-order chi connectivity index (χ1) is 5.29. The fourth-order valence-corrected chi connectivity index (χ4v) is 1.31. The van der Waals surface area contributed by atoms with Gasteiger partial charge in [0.2, 0.25) is 0 Å². The van der Waals surface area contributed by atoms with Gasteiger partial charge in [-0.1, -0.05) is 0 Å². The van der Waals surface area contributed by atoms with Crippen LogP contribution in [0, 0.1) is 6.92 Å². The minimum atomic E-state index is 0.995. The highest BCUT2D eigenvalue weighted by Crippen LogP contribution is 2.14. The Kier molecular flexibility index (Phi) is 1.18. The summed E-state index contributed by atoms with van der Waals surface area (Å²) in [5, 5.41) is 7.85. The van der Waals surface area contributed by atoms with E-state index >= 15 is 0 Å². The summed E-state index contributed by atoms with van der Waals surface area (Å²) < 4.78 is 2.05. The highest BCUT2D eigenvalue weighted by atomic mass is 15.1. The lowest BCUT2D eigenvalue weighted by Crippen LogP contribution is -1.85. The molecular formula is C8H9N3. The van der Waals surface area contributed by atoms with Crippen molar-refractivity contribution in [3.05, 3.63) is 24.0 Å². The smallest absolute Gasteiger partial charge is 0.114 e. The second-order valence-electron chi connectivity index (χ2n) is 2.69. The fourth-order valence-electron chi connectivity index (χ4n) is 1.31. The first kappa shape index (κ1) is 6.34. The van der Waals surface area contributed by atoms with E-state index in [-0.39, 0.29) is 0 Å². The van der Waals surface area contributed by atoms with Gasteiger partial charge in [0.15, 0.2) is 0 Å². The van der Waals surface area contributed by atoms with Crippen LogP contribution in [0.4, 0.5) is 0 Å². The molecule has 0 amide bonds. The molecule has 11 heavy (non-hydrogen) atoms. The molecule has 0 spiro atoms. The van der Waals surface area contributed by atoms with Gasteiger partial charge in [0.1, 0.15) is 5.52 Å². The number of rotatable bonds is 0. The van der Waals surface area contributed by atoms with E-state index < -0.39 is 0 Å². The van der Waals surface area contributed by atoms with Crippen molar-refractivity contribution in [2.45, 2.75) is 6.92 Å². The van der Waals surface area contributed by atoms with Gasteiger partial charge in [0, 0.05) is 13.2 Å². The molecule has 2 aromatic rings. The van der Waals surface area contributed by atoms with Gasteiger partial charge in [-0.05, 0) is 18.6 Å². The first-order valence-electron chi connectivity index (χ1n) is 3.52. The molecule has 0 bridgehead atoms. The maximum absolute atomic E-state index is 4.03. The first-order valence-corrected chi connectivity index (χ1v) is 3.52. The van der Waals surface area contributed by atoms with Gasteiger partial charge in [-0.2, -0.15) is 5.10 Å². The molecule has 3 nitrogen and oxygen atoms in total. The molecule has 0 N–H and O–H groups in total. The molecular weight excluding hydrogens is 138 g/mol. The summed E-state index contributed by atoms with van der Waals surface area (Å²) >= 11 is 0. The van der Waals surface area contributed by atoms with Crippen molar-refractivity contribution < 1.29 is 0 Å². The number of nitrogens with zero attached hydrogens (tertiary/aromatic N) is 3. The van der Waals surface area contributed by atoms with Crippen LogP contribution in [0.25, 0.3) is 11.0 Å². The molecule has 0 saturated heterocycles. The van der Waals surface area contributed by atoms with Gasteiger partial charge in [0.25, 0.3) is 0 Å². The molecule has 0 aromatic carbocycles. The monoisotopic (exact) mass is 147 g/mol. The quantitative estimate of drug-likeness (QED) is 0.562. The number of hydrogen-bond donors (Lipinski definition) is 0. The average molecular weight is 147 g/mol. The topological polar surface area (TPSA) is 30.7 Å². The average Bonchev–Trinajstić information content (AvgIpc) is 2.30. The van der Waals surface area contributed by atoms with Crippen molar-refractivity contribution in [1.82, 2.24) is 14.8 Å². The number of hydrogen-bond acceptors (Lipinski definition) is 2. The fraction of sp³-hybridized carbons (Fsp3) is 0.250. The highest BCUT2D eigenvalue weighted by molar-refractivity contribution is 5.78. The van der Waals surface area contributed by atoms with Gasteiger partial charge in [0.05, 0.1) is 11.7 Å². The summed E-state index contributed by atoms with van der Waals surface area (Å²) in [5.74, 6) is 0. The van der Waals surface area contributed by atoms with Crippen LogP contribution in [0.3, 0.4) is 0 Å². The molecule has 56 valence electrons. The summed E-state index contributed by atoms with van der Waals surface area (Å²) in [5.41, 5.74) is 3.31. The third-order valence-electron chi connectivity index (χ3n) is 1.84. The second-order valence-corrected chi connectivity index (χ2v) is 2.69.